The van der Waals surface area contributed by atoms with Gasteiger partial charge in [0.05, 0.1) is 33.2 Å². The van der Waals surface area contributed by atoms with E-state index in [1.165, 1.54) is 0 Å². The summed E-state index contributed by atoms with van der Waals surface area (Å²) in [5.74, 6) is -0.387. The fraction of sp³-hybridized carbons (Fsp3) is 0.194. The van der Waals surface area contributed by atoms with Crippen molar-refractivity contribution < 1.29 is 17.9 Å². The highest BCUT2D eigenvalue weighted by Gasteiger charge is 2.26. The number of aromatic nitrogens is 2. The normalized spacial score (nSPS) is 12.6. The summed E-state index contributed by atoms with van der Waals surface area (Å²) in [6.07, 6.45) is 4.81. The predicted molar refractivity (Wildman–Crippen MR) is 171 cm³/mol. The number of sulfonamides is 1. The molecule has 5 aromatic rings. The first-order valence-electron chi connectivity index (χ1n) is 13.2. The minimum Gasteiger partial charge on any atom is -0.485 e. The third-order valence-electron chi connectivity index (χ3n) is 6.97. The number of nitrogens with one attached hydrogen (secondary N) is 1. The molecule has 2 aromatic carbocycles. The summed E-state index contributed by atoms with van der Waals surface area (Å²) in [5, 5.41) is 0.513. The van der Waals surface area contributed by atoms with E-state index in [-0.39, 0.29) is 21.0 Å². The molecule has 1 unspecified atom stereocenters. The van der Waals surface area contributed by atoms with Crippen molar-refractivity contribution in [2.24, 2.45) is 0 Å². The van der Waals surface area contributed by atoms with Crippen LogP contribution in [0.2, 0.25) is 0 Å². The highest BCUT2D eigenvalue weighted by molar-refractivity contribution is 7.92. The van der Waals surface area contributed by atoms with Gasteiger partial charge in [-0.25, -0.2) is 23.1 Å². The third kappa shape index (κ3) is 5.67. The summed E-state index contributed by atoms with van der Waals surface area (Å²) in [6, 6.07) is 15.0. The first-order valence-corrected chi connectivity index (χ1v) is 16.3. The van der Waals surface area contributed by atoms with Crippen LogP contribution in [-0.4, -0.2) is 24.3 Å². The minimum absolute atomic E-state index is 0.0844. The molecule has 216 valence electrons. The Morgan fingerprint density at radius 2 is 1.81 bits per heavy atom. The number of hydrogen-bond donors (Lipinski definition) is 2. The van der Waals surface area contributed by atoms with Crippen LogP contribution in [0.3, 0.4) is 0 Å². The summed E-state index contributed by atoms with van der Waals surface area (Å²) in [5.41, 5.74) is 10.8. The molecule has 5 rings (SSSR count). The molecule has 0 bridgehead atoms. The lowest BCUT2D eigenvalue weighted by atomic mass is 10.0. The van der Waals surface area contributed by atoms with Crippen LogP contribution in [0.15, 0.2) is 65.0 Å². The second kappa shape index (κ2) is 11.7. The molecule has 0 aliphatic carbocycles. The maximum Gasteiger partial charge on any atom is 0.275 e. The Balaban J connectivity index is 1.71. The molecule has 0 fully saturated rings. The van der Waals surface area contributed by atoms with E-state index in [2.05, 4.69) is 16.6 Å². The Bertz CT molecular complexity index is 1940. The molecular weight excluding hydrogens is 589 g/mol. The van der Waals surface area contributed by atoms with Gasteiger partial charge in [0, 0.05) is 4.88 Å². The first-order chi connectivity index (χ1) is 20.0. The van der Waals surface area contributed by atoms with Crippen LogP contribution in [0, 0.1) is 20.8 Å². The smallest absolute Gasteiger partial charge is 0.275 e. The van der Waals surface area contributed by atoms with Crippen molar-refractivity contribution >= 4 is 60.7 Å². The monoisotopic (exact) mass is 618 g/mol. The molecule has 1 atom stereocenters. The summed E-state index contributed by atoms with van der Waals surface area (Å²) >= 11 is 2.35. The number of fused-ring (bicyclic) bond motifs is 1. The molecule has 1 amide bonds. The van der Waals surface area contributed by atoms with Crippen LogP contribution in [-0.2, 0) is 10.0 Å². The van der Waals surface area contributed by atoms with E-state index >= 15 is 0 Å². The number of thiazole rings is 1. The SMILES string of the molecule is C/C=C\c1sc(-c2cc(C(=O)NS(=O)(=O)c3cnc(N)s3)c3c(OC(C)c4ccccc4)ccc(C)c3n2)c(C)c1C. The van der Waals surface area contributed by atoms with Crippen molar-refractivity contribution in [3.63, 3.8) is 0 Å². The van der Waals surface area contributed by atoms with E-state index in [4.69, 9.17) is 15.5 Å². The third-order valence-corrected chi connectivity index (χ3v) is 11.0. The van der Waals surface area contributed by atoms with Crippen LogP contribution in [0.25, 0.3) is 27.6 Å². The zero-order chi connectivity index (χ0) is 30.2. The van der Waals surface area contributed by atoms with Gasteiger partial charge in [-0.05, 0) is 75.1 Å². The number of thiophene rings is 1. The second-order valence-corrected chi connectivity index (χ2v) is 13.9. The second-order valence-electron chi connectivity index (χ2n) is 9.83. The highest BCUT2D eigenvalue weighted by Crippen LogP contribution is 2.40. The predicted octanol–water partition coefficient (Wildman–Crippen LogP) is 7.22. The molecule has 0 spiro atoms. The van der Waals surface area contributed by atoms with Gasteiger partial charge in [0.2, 0.25) is 0 Å². The lowest BCUT2D eigenvalue weighted by Gasteiger charge is -2.19. The Hall–Kier alpha value is -4.06. The number of aryl methyl sites for hydroxylation is 1. The number of benzene rings is 2. The van der Waals surface area contributed by atoms with Gasteiger partial charge < -0.3 is 10.5 Å². The fourth-order valence-electron chi connectivity index (χ4n) is 4.62. The highest BCUT2D eigenvalue weighted by atomic mass is 32.2. The average Bonchev–Trinajstić information content (AvgIpc) is 3.54. The number of amides is 1. The largest absolute Gasteiger partial charge is 0.485 e. The van der Waals surface area contributed by atoms with Gasteiger partial charge in [0.25, 0.3) is 15.9 Å². The van der Waals surface area contributed by atoms with Gasteiger partial charge in [-0.1, -0.05) is 53.8 Å². The Labute approximate surface area is 253 Å². The number of nitrogens with two attached hydrogens (primary N) is 1. The molecule has 3 heterocycles. The maximum atomic E-state index is 13.9. The number of anilines is 1. The zero-order valence-electron chi connectivity index (χ0n) is 23.8. The number of ether oxygens (including phenoxy) is 1. The first kappa shape index (κ1) is 29.4. The van der Waals surface area contributed by atoms with Crippen LogP contribution in [0.5, 0.6) is 5.75 Å². The zero-order valence-corrected chi connectivity index (χ0v) is 26.2. The molecule has 0 radical (unpaired) electrons. The molecule has 42 heavy (non-hydrogen) atoms. The van der Waals surface area contributed by atoms with E-state index in [1.807, 2.05) is 76.2 Å². The lowest BCUT2D eigenvalue weighted by molar-refractivity contribution is 0.0982. The number of nitrogen functional groups attached to an aromatic ring is 1. The number of allylic oxidation sites excluding steroid dienone is 1. The number of pyridine rings is 1. The molecule has 0 saturated carbocycles. The molecule has 0 aliphatic heterocycles. The standard InChI is InChI=1S/C31H30N4O4S3/c1-6-10-25-18(3)19(4)29(40-25)23-15-22(30(36)35-42(37,38)26-16-33-31(32)41-26)27-24(14-13-17(2)28(27)34-23)39-20(5)21-11-8-7-9-12-21/h6-16,20H,1-5H3,(H2,32,33)(H,35,36)/b10-6-. The van der Waals surface area contributed by atoms with Crippen molar-refractivity contribution in [3.05, 3.63) is 93.5 Å². The van der Waals surface area contributed by atoms with Gasteiger partial charge in [0.15, 0.2) is 9.34 Å². The average molecular weight is 619 g/mol. The molecule has 3 aromatic heterocycles. The number of hydrogen-bond acceptors (Lipinski definition) is 9. The van der Waals surface area contributed by atoms with E-state index < -0.39 is 15.9 Å². The quantitative estimate of drug-likeness (QED) is 0.188. The number of carbonyl (C=O) groups is 1. The molecule has 8 nitrogen and oxygen atoms in total. The van der Waals surface area contributed by atoms with Crippen molar-refractivity contribution in [2.75, 3.05) is 5.73 Å². The van der Waals surface area contributed by atoms with E-state index in [1.54, 1.807) is 23.5 Å². The van der Waals surface area contributed by atoms with Crippen LogP contribution in [0.1, 0.15) is 57.4 Å². The van der Waals surface area contributed by atoms with Crippen molar-refractivity contribution in [1.29, 1.82) is 0 Å². The lowest BCUT2D eigenvalue weighted by Crippen LogP contribution is -2.30. The number of rotatable bonds is 8. The number of carbonyl (C=O) groups excluding carboxylic acids is 1. The van der Waals surface area contributed by atoms with Gasteiger partial charge in [0.1, 0.15) is 11.9 Å². The van der Waals surface area contributed by atoms with Gasteiger partial charge in [-0.3, -0.25) is 4.79 Å². The van der Waals surface area contributed by atoms with Crippen molar-refractivity contribution in [3.8, 4) is 16.3 Å². The van der Waals surface area contributed by atoms with Crippen LogP contribution in [0.4, 0.5) is 5.13 Å². The van der Waals surface area contributed by atoms with E-state index in [0.29, 0.717) is 22.3 Å². The van der Waals surface area contributed by atoms with Crippen molar-refractivity contribution in [1.82, 2.24) is 14.7 Å². The number of nitrogens with zero attached hydrogens (tertiary/aromatic N) is 2. The fourth-order valence-corrected chi connectivity index (χ4v) is 7.74. The molecular formula is C31H30N4O4S3. The van der Waals surface area contributed by atoms with Crippen molar-refractivity contribution in [2.45, 2.75) is 44.9 Å². The van der Waals surface area contributed by atoms with Gasteiger partial charge in [-0.15, -0.1) is 11.3 Å². The maximum absolute atomic E-state index is 13.9. The molecule has 0 saturated heterocycles. The van der Waals surface area contributed by atoms with E-state index in [9.17, 15) is 13.2 Å². The minimum atomic E-state index is -4.23. The summed E-state index contributed by atoms with van der Waals surface area (Å²) in [4.78, 5) is 24.7. The summed E-state index contributed by atoms with van der Waals surface area (Å²) in [6.45, 7) is 9.85. The van der Waals surface area contributed by atoms with Crippen LogP contribution < -0.4 is 15.2 Å². The Kier molecular flexibility index (Phi) is 8.18. The molecule has 3 N–H and O–H groups in total. The van der Waals surface area contributed by atoms with E-state index in [0.717, 1.165) is 49.5 Å². The summed E-state index contributed by atoms with van der Waals surface area (Å²) < 4.78 is 34.7. The Morgan fingerprint density at radius 3 is 2.48 bits per heavy atom. The Morgan fingerprint density at radius 1 is 1.07 bits per heavy atom. The molecule has 11 heteroatoms. The topological polar surface area (TPSA) is 124 Å². The molecule has 0 aliphatic rings. The van der Waals surface area contributed by atoms with Gasteiger partial charge in [-0.2, -0.15) is 0 Å². The van der Waals surface area contributed by atoms with Gasteiger partial charge >= 0.3 is 0 Å². The summed E-state index contributed by atoms with van der Waals surface area (Å²) in [7, 11) is -4.23. The van der Waals surface area contributed by atoms with Crippen LogP contribution >= 0.6 is 22.7 Å².